The van der Waals surface area contributed by atoms with Crippen molar-refractivity contribution in [2.75, 3.05) is 11.9 Å². The van der Waals surface area contributed by atoms with Crippen LogP contribution in [0.2, 0.25) is 0 Å². The SMILES string of the molecule is C=C/C(=C(\C)N(C)c1ccccc1)c1ccnc(-c2[c-]c(-c3cccc4c3nc(-c3cc(C(C)(C)C)cc(C(C)(C)C)c3O)n4-c3ccccc3)cc(C(C)(C)C)c2)c1.[Pt]. The van der Waals surface area contributed by atoms with E-state index < -0.39 is 0 Å². The zero-order chi connectivity index (χ0) is 42.4. The topological polar surface area (TPSA) is 54.2 Å². The first-order valence-corrected chi connectivity index (χ1v) is 20.5. The number of rotatable bonds is 8. The molecule has 0 aliphatic rings. The maximum Gasteiger partial charge on any atom is 0.148 e. The Bertz CT molecular complexity index is 2710. The summed E-state index contributed by atoms with van der Waals surface area (Å²) in [6.07, 6.45) is 3.80. The Morgan fingerprint density at radius 2 is 1.33 bits per heavy atom. The number of phenols is 1. The van der Waals surface area contributed by atoms with E-state index >= 15 is 0 Å². The minimum absolute atomic E-state index is 0. The second-order valence-electron chi connectivity index (χ2n) is 18.7. The van der Waals surface area contributed by atoms with Gasteiger partial charge in [-0.2, -0.15) is 0 Å². The first-order valence-electron chi connectivity index (χ1n) is 20.5. The number of fused-ring (bicyclic) bond motifs is 1. The molecule has 0 spiro atoms. The van der Waals surface area contributed by atoms with Crippen molar-refractivity contribution in [2.45, 2.75) is 85.5 Å². The molecule has 0 saturated heterocycles. The first kappa shape index (κ1) is 44.1. The average molecular weight is 973 g/mol. The smallest absolute Gasteiger partial charge is 0.148 e. The van der Waals surface area contributed by atoms with Crippen LogP contribution in [0.25, 0.3) is 56.1 Å². The van der Waals surface area contributed by atoms with Gasteiger partial charge < -0.3 is 10.0 Å². The molecule has 5 nitrogen and oxygen atoms in total. The van der Waals surface area contributed by atoms with Crippen molar-refractivity contribution in [1.82, 2.24) is 14.5 Å². The number of hydrogen-bond acceptors (Lipinski definition) is 4. The Morgan fingerprint density at radius 3 is 1.95 bits per heavy atom. The number of para-hydroxylation sites is 3. The van der Waals surface area contributed by atoms with Crippen LogP contribution in [0.4, 0.5) is 5.69 Å². The summed E-state index contributed by atoms with van der Waals surface area (Å²) < 4.78 is 2.18. The number of imidazole rings is 1. The van der Waals surface area contributed by atoms with Crippen molar-refractivity contribution < 1.29 is 26.2 Å². The number of allylic oxidation sites excluding steroid dienone is 3. The largest absolute Gasteiger partial charge is 0.507 e. The summed E-state index contributed by atoms with van der Waals surface area (Å²) in [5, 5.41) is 12.2. The van der Waals surface area contributed by atoms with Crippen molar-refractivity contribution in [3.05, 3.63) is 168 Å². The number of aromatic hydroxyl groups is 1. The third-order valence-electron chi connectivity index (χ3n) is 11.3. The Labute approximate surface area is 371 Å². The van der Waals surface area contributed by atoms with E-state index in [0.717, 1.165) is 78.3 Å². The Kier molecular flexibility index (Phi) is 12.4. The average Bonchev–Trinajstić information content (AvgIpc) is 3.60. The van der Waals surface area contributed by atoms with E-state index in [1.54, 1.807) is 0 Å². The minimum Gasteiger partial charge on any atom is -0.507 e. The molecule has 7 rings (SSSR count). The second kappa shape index (κ2) is 16.9. The van der Waals surface area contributed by atoms with E-state index in [1.807, 2.05) is 42.6 Å². The Balaban J connectivity index is 0.00000604. The fourth-order valence-corrected chi connectivity index (χ4v) is 7.68. The van der Waals surface area contributed by atoms with Gasteiger partial charge in [-0.1, -0.05) is 147 Å². The molecule has 310 valence electrons. The second-order valence-corrected chi connectivity index (χ2v) is 18.7. The fourth-order valence-electron chi connectivity index (χ4n) is 7.68. The van der Waals surface area contributed by atoms with Gasteiger partial charge in [-0.25, -0.2) is 4.98 Å². The number of benzene rings is 5. The molecule has 0 atom stereocenters. The molecular weight excluding hydrogens is 916 g/mol. The third-order valence-corrected chi connectivity index (χ3v) is 11.3. The van der Waals surface area contributed by atoms with Gasteiger partial charge in [0.2, 0.25) is 0 Å². The fraction of sp³-hybridized carbons (Fsp3) is 0.259. The summed E-state index contributed by atoms with van der Waals surface area (Å²) in [5.41, 5.74) is 13.9. The summed E-state index contributed by atoms with van der Waals surface area (Å²) in [6, 6.07) is 43.8. The molecule has 0 saturated carbocycles. The van der Waals surface area contributed by atoms with Crippen molar-refractivity contribution >= 4 is 22.3 Å². The van der Waals surface area contributed by atoms with Gasteiger partial charge in [0.1, 0.15) is 11.6 Å². The van der Waals surface area contributed by atoms with Crippen LogP contribution in [0.1, 0.15) is 91.5 Å². The molecule has 0 aliphatic heterocycles. The molecule has 0 fully saturated rings. The van der Waals surface area contributed by atoms with E-state index in [9.17, 15) is 5.11 Å². The van der Waals surface area contributed by atoms with Crippen LogP contribution in [0.3, 0.4) is 0 Å². The molecular formula is C54H57N4OPt-. The standard InChI is InChI=1S/C54H57N4O.Pt/c1-13-43(35(2)57(12)41-21-16-14-17-22-41)36-27-28-55-47(32-36)38-29-37(30-39(31-38)52(3,4)5)44-25-20-26-48-49(44)56-51(58(48)42-23-18-15-19-24-42)45-33-40(53(6,7)8)34-46(50(45)59)54(9,10)11;/h13-28,30-34,59H,1H2,2-12H3;/q-1;/b43-35-;. The van der Waals surface area contributed by atoms with Crippen LogP contribution in [0.15, 0.2) is 140 Å². The summed E-state index contributed by atoms with van der Waals surface area (Å²) in [5.74, 6) is 0.945. The molecule has 60 heavy (non-hydrogen) atoms. The zero-order valence-electron chi connectivity index (χ0n) is 36.9. The van der Waals surface area contributed by atoms with Gasteiger partial charge >= 0.3 is 0 Å². The summed E-state index contributed by atoms with van der Waals surface area (Å²) >= 11 is 0. The monoisotopic (exact) mass is 972 g/mol. The molecule has 5 aromatic carbocycles. The summed E-state index contributed by atoms with van der Waals surface area (Å²) in [7, 11) is 2.08. The van der Waals surface area contributed by atoms with Crippen LogP contribution in [-0.2, 0) is 37.3 Å². The summed E-state index contributed by atoms with van der Waals surface area (Å²) in [6.45, 7) is 26.2. The zero-order valence-corrected chi connectivity index (χ0v) is 39.2. The number of hydrogen-bond donors (Lipinski definition) is 1. The number of phenolic OH excluding ortho intramolecular Hbond substituents is 1. The van der Waals surface area contributed by atoms with Gasteiger partial charge in [0, 0.05) is 62.6 Å². The number of aromatic nitrogens is 3. The number of pyridine rings is 1. The molecule has 6 heteroatoms. The van der Waals surface area contributed by atoms with Crippen molar-refractivity contribution in [3.8, 4) is 45.2 Å². The molecule has 0 radical (unpaired) electrons. The van der Waals surface area contributed by atoms with Crippen molar-refractivity contribution in [1.29, 1.82) is 0 Å². The van der Waals surface area contributed by atoms with Crippen LogP contribution in [0, 0.1) is 6.07 Å². The molecule has 2 heterocycles. The number of nitrogens with zero attached hydrogens (tertiary/aromatic N) is 4. The molecule has 1 N–H and O–H groups in total. The predicted octanol–water partition coefficient (Wildman–Crippen LogP) is 13.9. The molecule has 7 aromatic rings. The maximum atomic E-state index is 12.2. The van der Waals surface area contributed by atoms with Gasteiger partial charge in [-0.05, 0) is 82.3 Å². The van der Waals surface area contributed by atoms with Crippen molar-refractivity contribution in [2.24, 2.45) is 0 Å². The van der Waals surface area contributed by atoms with Crippen LogP contribution in [-0.4, -0.2) is 26.7 Å². The van der Waals surface area contributed by atoms with E-state index in [-0.39, 0.29) is 43.1 Å². The summed E-state index contributed by atoms with van der Waals surface area (Å²) in [4.78, 5) is 12.6. The molecule has 0 bridgehead atoms. The first-order chi connectivity index (χ1) is 27.9. The van der Waals surface area contributed by atoms with Gasteiger partial charge in [0.25, 0.3) is 0 Å². The molecule has 0 aliphatic carbocycles. The third kappa shape index (κ3) is 8.70. The molecule has 0 amide bonds. The van der Waals surface area contributed by atoms with Crippen molar-refractivity contribution in [3.63, 3.8) is 0 Å². The van der Waals surface area contributed by atoms with Crippen LogP contribution in [0.5, 0.6) is 5.75 Å². The van der Waals surface area contributed by atoms with Gasteiger partial charge in [0.15, 0.2) is 0 Å². The van der Waals surface area contributed by atoms with E-state index in [4.69, 9.17) is 9.97 Å². The van der Waals surface area contributed by atoms with E-state index in [1.165, 1.54) is 0 Å². The molecule has 2 aromatic heterocycles. The Hall–Kier alpha value is -5.51. The van der Waals surface area contributed by atoms with Gasteiger partial charge in [-0.15, -0.1) is 29.3 Å². The van der Waals surface area contributed by atoms with Gasteiger partial charge in [0.05, 0.1) is 16.6 Å². The van der Waals surface area contributed by atoms with E-state index in [2.05, 4.69) is 183 Å². The quantitative estimate of drug-likeness (QED) is 0.122. The minimum atomic E-state index is -0.294. The van der Waals surface area contributed by atoms with Gasteiger partial charge in [-0.3, -0.25) is 9.55 Å². The van der Waals surface area contributed by atoms with E-state index in [0.29, 0.717) is 11.4 Å². The normalized spacial score (nSPS) is 12.5. The predicted molar refractivity (Wildman–Crippen MR) is 249 cm³/mol. The molecule has 0 unspecified atom stereocenters. The number of anilines is 1. The Morgan fingerprint density at radius 1 is 0.717 bits per heavy atom. The maximum absolute atomic E-state index is 12.2. The van der Waals surface area contributed by atoms with Crippen LogP contribution < -0.4 is 4.90 Å². The van der Waals surface area contributed by atoms with Crippen LogP contribution >= 0.6 is 0 Å².